The fraction of sp³-hybridized carbons (Fsp3) is 0.394. The topological polar surface area (TPSA) is 110 Å². The Bertz CT molecular complexity index is 1580. The summed E-state index contributed by atoms with van der Waals surface area (Å²) in [6, 6.07) is 13.5. The fourth-order valence-corrected chi connectivity index (χ4v) is 5.20. The Labute approximate surface area is 264 Å². The summed E-state index contributed by atoms with van der Waals surface area (Å²) in [6.07, 6.45) is -4.05. The molecule has 1 N–H and O–H groups in total. The van der Waals surface area contributed by atoms with Crippen molar-refractivity contribution in [3.05, 3.63) is 83.2 Å². The number of carbonyl (C=O) groups is 3. The van der Waals surface area contributed by atoms with Crippen LogP contribution < -0.4 is 14.8 Å². The first-order valence-electron chi connectivity index (χ1n) is 14.9. The summed E-state index contributed by atoms with van der Waals surface area (Å²) in [5.74, 6) is 0.277. The third kappa shape index (κ3) is 8.13. The van der Waals surface area contributed by atoms with Crippen molar-refractivity contribution in [1.29, 1.82) is 0 Å². The molecule has 3 heterocycles. The van der Waals surface area contributed by atoms with Crippen LogP contribution in [0, 0.1) is 5.92 Å². The molecule has 46 heavy (non-hydrogen) atoms. The first kappa shape index (κ1) is 32.7. The number of carbonyl (C=O) groups excluding carboxylic acids is 3. The van der Waals surface area contributed by atoms with Crippen molar-refractivity contribution in [2.24, 2.45) is 5.92 Å². The molecule has 2 atom stereocenters. The molecule has 1 saturated heterocycles. The summed E-state index contributed by atoms with van der Waals surface area (Å²) in [7, 11) is 1.52. The highest BCUT2D eigenvalue weighted by molar-refractivity contribution is 5.97. The van der Waals surface area contributed by atoms with Gasteiger partial charge in [0.1, 0.15) is 22.9 Å². The van der Waals surface area contributed by atoms with E-state index in [2.05, 4.69) is 10.3 Å². The van der Waals surface area contributed by atoms with Gasteiger partial charge in [-0.15, -0.1) is 0 Å². The van der Waals surface area contributed by atoms with Gasteiger partial charge in [0.25, 0.3) is 11.8 Å². The molecule has 0 unspecified atom stereocenters. The van der Waals surface area contributed by atoms with E-state index < -0.39 is 41.7 Å². The summed E-state index contributed by atoms with van der Waals surface area (Å²) in [5.41, 5.74) is -0.0308. The van der Waals surface area contributed by atoms with Gasteiger partial charge in [-0.2, -0.15) is 13.2 Å². The van der Waals surface area contributed by atoms with Gasteiger partial charge in [0.2, 0.25) is 5.91 Å². The standard InChI is InChI=1S/C33H35F3N4O6/c1-20(2)18-44-25-12-23-13-26(14-25)46-24-6-4-5-21(11-24)19-45-28-16-40(10-9-27(28)38-30(41)17-39(3)31(23)42)32(43)22-7-8-29(37-15-22)33(34,35)36/h4-8,11-15,20,27-28H,9-10,16-19H2,1-3H3,(H,38,41)/t27-,28-/m0/s1. The number of pyridine rings is 1. The summed E-state index contributed by atoms with van der Waals surface area (Å²) in [4.78, 5) is 46.0. The maximum atomic E-state index is 13.4. The van der Waals surface area contributed by atoms with E-state index in [9.17, 15) is 27.6 Å². The number of nitrogens with zero attached hydrogens (tertiary/aromatic N) is 3. The molecule has 1 aromatic heterocycles. The molecule has 0 radical (unpaired) electrons. The molecular formula is C33H35F3N4O6. The summed E-state index contributed by atoms with van der Waals surface area (Å²) >= 11 is 0. The van der Waals surface area contributed by atoms with E-state index in [1.54, 1.807) is 36.4 Å². The van der Waals surface area contributed by atoms with E-state index in [0.717, 1.165) is 23.9 Å². The average molecular weight is 641 g/mol. The number of halogens is 3. The Morgan fingerprint density at radius 1 is 1.11 bits per heavy atom. The largest absolute Gasteiger partial charge is 0.493 e. The summed E-state index contributed by atoms with van der Waals surface area (Å²) in [6.45, 7) is 4.63. The number of amides is 3. The van der Waals surface area contributed by atoms with Crippen molar-refractivity contribution >= 4 is 17.7 Å². The van der Waals surface area contributed by atoms with Crippen LogP contribution in [0.3, 0.4) is 0 Å². The molecular weight excluding hydrogens is 605 g/mol. The Kier molecular flexibility index (Phi) is 9.80. The van der Waals surface area contributed by atoms with E-state index in [-0.39, 0.29) is 37.7 Å². The number of benzene rings is 2. The van der Waals surface area contributed by atoms with Gasteiger partial charge in [-0.3, -0.25) is 19.4 Å². The average Bonchev–Trinajstić information content (AvgIpc) is 3.02. The van der Waals surface area contributed by atoms with Crippen LogP contribution in [0.4, 0.5) is 13.2 Å². The number of aromatic nitrogens is 1. The van der Waals surface area contributed by atoms with Gasteiger partial charge in [-0.05, 0) is 54.3 Å². The molecule has 0 aliphatic carbocycles. The van der Waals surface area contributed by atoms with Gasteiger partial charge in [-0.1, -0.05) is 26.0 Å². The zero-order chi connectivity index (χ0) is 33.0. The SMILES string of the molecule is CC(C)COc1cc2cc(c1)C(=O)N(C)CC(=O)N[C@H]1CCN(C(=O)c3ccc(C(F)(F)F)nc3)C[C@@H]1OCc1cccc(c1)O2. The molecule has 1 fully saturated rings. The van der Waals surface area contributed by atoms with Crippen LogP contribution in [-0.2, 0) is 22.3 Å². The Morgan fingerprint density at radius 3 is 2.63 bits per heavy atom. The molecule has 3 aromatic rings. The number of nitrogens with one attached hydrogen (secondary N) is 1. The minimum Gasteiger partial charge on any atom is -0.493 e. The molecule has 0 saturated carbocycles. The third-order valence-electron chi connectivity index (χ3n) is 7.53. The summed E-state index contributed by atoms with van der Waals surface area (Å²) in [5, 5.41) is 2.95. The van der Waals surface area contributed by atoms with Crippen LogP contribution >= 0.6 is 0 Å². The van der Waals surface area contributed by atoms with Gasteiger partial charge in [-0.25, -0.2) is 0 Å². The van der Waals surface area contributed by atoms with Crippen LogP contribution in [0.5, 0.6) is 17.2 Å². The first-order chi connectivity index (χ1) is 21.9. The van der Waals surface area contributed by atoms with Crippen molar-refractivity contribution in [1.82, 2.24) is 20.1 Å². The molecule has 244 valence electrons. The smallest absolute Gasteiger partial charge is 0.433 e. The Balaban J connectivity index is 1.39. The van der Waals surface area contributed by atoms with Gasteiger partial charge < -0.3 is 29.3 Å². The lowest BCUT2D eigenvalue weighted by Crippen LogP contribution is -2.57. The van der Waals surface area contributed by atoms with E-state index in [1.807, 2.05) is 19.9 Å². The number of rotatable bonds is 4. The predicted octanol–water partition coefficient (Wildman–Crippen LogP) is 4.93. The lowest BCUT2D eigenvalue weighted by atomic mass is 10.0. The molecule has 2 aromatic carbocycles. The Morgan fingerprint density at radius 2 is 1.91 bits per heavy atom. The maximum Gasteiger partial charge on any atom is 0.433 e. The highest BCUT2D eigenvalue weighted by Gasteiger charge is 2.35. The fourth-order valence-electron chi connectivity index (χ4n) is 5.20. The van der Waals surface area contributed by atoms with Crippen LogP contribution in [-0.4, -0.2) is 77.9 Å². The minimum atomic E-state index is -4.62. The lowest BCUT2D eigenvalue weighted by molar-refractivity contribution is -0.141. The second-order valence-corrected chi connectivity index (χ2v) is 11.8. The van der Waals surface area contributed by atoms with E-state index in [0.29, 0.717) is 35.8 Å². The van der Waals surface area contributed by atoms with Crippen molar-refractivity contribution in [3.8, 4) is 17.2 Å². The van der Waals surface area contributed by atoms with Crippen molar-refractivity contribution < 1.29 is 41.8 Å². The molecule has 10 nitrogen and oxygen atoms in total. The van der Waals surface area contributed by atoms with Gasteiger partial charge in [0.05, 0.1) is 37.5 Å². The monoisotopic (exact) mass is 640 g/mol. The number of piperidine rings is 1. The Hall–Kier alpha value is -4.65. The number of likely N-dealkylation sites (tertiary alicyclic amines) is 1. The highest BCUT2D eigenvalue weighted by atomic mass is 19.4. The quantitative estimate of drug-likeness (QED) is 0.431. The number of likely N-dealkylation sites (N-methyl/N-ethyl adjacent to an activating group) is 1. The maximum absolute atomic E-state index is 13.4. The van der Waals surface area contributed by atoms with Crippen LogP contribution in [0.1, 0.15) is 52.2 Å². The van der Waals surface area contributed by atoms with Crippen LogP contribution in [0.25, 0.3) is 0 Å². The van der Waals surface area contributed by atoms with Gasteiger partial charge >= 0.3 is 6.18 Å². The minimum absolute atomic E-state index is 0.00894. The molecule has 3 amide bonds. The molecule has 0 spiro atoms. The summed E-state index contributed by atoms with van der Waals surface area (Å²) < 4.78 is 57.2. The van der Waals surface area contributed by atoms with E-state index in [1.165, 1.54) is 16.8 Å². The predicted molar refractivity (Wildman–Crippen MR) is 161 cm³/mol. The van der Waals surface area contributed by atoms with Gasteiger partial charge in [0.15, 0.2) is 0 Å². The van der Waals surface area contributed by atoms with Crippen molar-refractivity contribution in [2.45, 2.75) is 45.2 Å². The van der Waals surface area contributed by atoms with E-state index >= 15 is 0 Å². The number of alkyl halides is 3. The van der Waals surface area contributed by atoms with Crippen LogP contribution in [0.2, 0.25) is 0 Å². The number of fused-ring (bicyclic) bond motifs is 5. The molecule has 5 rings (SSSR count). The molecule has 2 aliphatic rings. The van der Waals surface area contributed by atoms with E-state index in [4.69, 9.17) is 14.2 Å². The van der Waals surface area contributed by atoms with Gasteiger partial charge in [0, 0.05) is 38.0 Å². The molecule has 13 heteroatoms. The molecule has 4 bridgehead atoms. The zero-order valence-corrected chi connectivity index (χ0v) is 25.7. The first-order valence-corrected chi connectivity index (χ1v) is 14.9. The normalized spacial score (nSPS) is 19.3. The number of hydrogen-bond acceptors (Lipinski definition) is 7. The zero-order valence-electron chi connectivity index (χ0n) is 25.7. The lowest BCUT2D eigenvalue weighted by Gasteiger charge is -2.39. The third-order valence-corrected chi connectivity index (χ3v) is 7.53. The highest BCUT2D eigenvalue weighted by Crippen LogP contribution is 2.30. The molecule has 2 aliphatic heterocycles. The number of ether oxygens (including phenoxy) is 3. The second kappa shape index (κ2) is 13.8. The van der Waals surface area contributed by atoms with Crippen molar-refractivity contribution in [2.75, 3.05) is 33.3 Å². The second-order valence-electron chi connectivity index (χ2n) is 11.8. The number of hydrogen-bond donors (Lipinski definition) is 1. The van der Waals surface area contributed by atoms with Crippen LogP contribution in [0.15, 0.2) is 60.8 Å². The van der Waals surface area contributed by atoms with Crippen molar-refractivity contribution in [3.63, 3.8) is 0 Å².